The Hall–Kier alpha value is -3.68. The average Bonchev–Trinajstić information content (AvgIpc) is 3.08. The summed E-state index contributed by atoms with van der Waals surface area (Å²) in [6.07, 6.45) is 0. The molecule has 2 aliphatic rings. The summed E-state index contributed by atoms with van der Waals surface area (Å²) in [4.78, 5) is 39.7. The molecular weight excluding hydrogens is 372 g/mol. The molecule has 0 fully saturated rings. The summed E-state index contributed by atoms with van der Waals surface area (Å²) in [7, 11) is 1.62. The lowest BCUT2D eigenvalue weighted by Crippen LogP contribution is -2.45. The van der Waals surface area contributed by atoms with Crippen LogP contribution in [0.5, 0.6) is 0 Å². The molecule has 2 atom stereocenters. The number of carbonyl (C=O) groups excluding carboxylic acids is 2. The highest BCUT2D eigenvalue weighted by Gasteiger charge is 2.44. The van der Waals surface area contributed by atoms with Gasteiger partial charge in [-0.1, -0.05) is 42.5 Å². The molecule has 8 heteroatoms. The van der Waals surface area contributed by atoms with E-state index in [4.69, 9.17) is 0 Å². The monoisotopic (exact) mass is 392 g/mol. The van der Waals surface area contributed by atoms with Crippen LogP contribution in [-0.4, -0.2) is 40.3 Å². The second-order valence-electron chi connectivity index (χ2n) is 7.17. The predicted molar refractivity (Wildman–Crippen MR) is 106 cm³/mol. The first-order chi connectivity index (χ1) is 13.9. The Balaban J connectivity index is 1.73. The number of nitro benzene ring substituents is 1. The van der Waals surface area contributed by atoms with Crippen LogP contribution in [0, 0.1) is 10.1 Å². The third-order valence-corrected chi connectivity index (χ3v) is 5.55. The molecule has 1 N–H and O–H groups in total. The van der Waals surface area contributed by atoms with Crippen LogP contribution in [-0.2, 0) is 4.79 Å². The van der Waals surface area contributed by atoms with Crippen molar-refractivity contribution in [2.75, 3.05) is 13.6 Å². The molecule has 4 rings (SSSR count). The van der Waals surface area contributed by atoms with Crippen molar-refractivity contribution >= 4 is 17.6 Å². The number of hydrogen-bond donors (Lipinski definition) is 1. The Labute approximate surface area is 167 Å². The van der Waals surface area contributed by atoms with Crippen LogP contribution in [0.1, 0.15) is 30.1 Å². The van der Waals surface area contributed by atoms with Crippen molar-refractivity contribution in [2.45, 2.75) is 19.0 Å². The predicted octanol–water partition coefficient (Wildman–Crippen LogP) is 3.15. The third kappa shape index (κ3) is 3.12. The summed E-state index contributed by atoms with van der Waals surface area (Å²) >= 11 is 0. The second-order valence-corrected chi connectivity index (χ2v) is 7.17. The van der Waals surface area contributed by atoms with Crippen molar-refractivity contribution in [3.63, 3.8) is 0 Å². The van der Waals surface area contributed by atoms with Gasteiger partial charge in [-0.25, -0.2) is 4.79 Å². The smallest absolute Gasteiger partial charge is 0.322 e. The van der Waals surface area contributed by atoms with E-state index in [9.17, 15) is 19.7 Å². The van der Waals surface area contributed by atoms with Crippen LogP contribution >= 0.6 is 0 Å². The Kier molecular flexibility index (Phi) is 4.54. The molecule has 2 aromatic rings. The van der Waals surface area contributed by atoms with Gasteiger partial charge < -0.3 is 10.2 Å². The van der Waals surface area contributed by atoms with Gasteiger partial charge >= 0.3 is 6.03 Å². The van der Waals surface area contributed by atoms with Gasteiger partial charge in [-0.05, 0) is 18.1 Å². The van der Waals surface area contributed by atoms with E-state index in [1.54, 1.807) is 24.1 Å². The van der Waals surface area contributed by atoms with Crippen LogP contribution in [0.25, 0.3) is 0 Å². The molecule has 2 unspecified atom stereocenters. The Bertz CT molecular complexity index is 1030. The third-order valence-electron chi connectivity index (χ3n) is 5.55. The molecule has 0 spiro atoms. The van der Waals surface area contributed by atoms with Crippen molar-refractivity contribution in [3.05, 3.63) is 87.1 Å². The summed E-state index contributed by atoms with van der Waals surface area (Å²) in [6.45, 7) is 2.25. The molecule has 0 radical (unpaired) electrons. The lowest BCUT2D eigenvalue weighted by atomic mass is 9.95. The second kappa shape index (κ2) is 7.05. The van der Waals surface area contributed by atoms with Gasteiger partial charge in [-0.3, -0.25) is 19.8 Å². The van der Waals surface area contributed by atoms with E-state index >= 15 is 0 Å². The quantitative estimate of drug-likeness (QED) is 0.639. The summed E-state index contributed by atoms with van der Waals surface area (Å²) < 4.78 is 0. The van der Waals surface area contributed by atoms with Gasteiger partial charge in [-0.15, -0.1) is 0 Å². The lowest BCUT2D eigenvalue weighted by molar-refractivity contribution is -0.384. The van der Waals surface area contributed by atoms with Gasteiger partial charge in [0.05, 0.1) is 34.8 Å². The molecule has 0 aliphatic carbocycles. The molecule has 8 nitrogen and oxygen atoms in total. The topological polar surface area (TPSA) is 95.8 Å². The van der Waals surface area contributed by atoms with E-state index in [1.807, 2.05) is 37.3 Å². The Morgan fingerprint density at radius 2 is 1.86 bits per heavy atom. The van der Waals surface area contributed by atoms with Crippen LogP contribution in [0.4, 0.5) is 10.5 Å². The molecule has 0 bridgehead atoms. The summed E-state index contributed by atoms with van der Waals surface area (Å²) in [5.74, 6) is -0.181. The maximum atomic E-state index is 13.4. The largest absolute Gasteiger partial charge is 0.327 e. The number of amides is 3. The van der Waals surface area contributed by atoms with Gasteiger partial charge in [0.1, 0.15) is 0 Å². The number of rotatable bonds is 4. The van der Waals surface area contributed by atoms with Crippen LogP contribution < -0.4 is 5.32 Å². The minimum absolute atomic E-state index is 0.0854. The maximum Gasteiger partial charge on any atom is 0.322 e. The number of hydrogen-bond acceptors (Lipinski definition) is 4. The van der Waals surface area contributed by atoms with Crippen molar-refractivity contribution < 1.29 is 14.5 Å². The highest BCUT2D eigenvalue weighted by molar-refractivity contribution is 6.01. The molecule has 0 saturated heterocycles. The van der Waals surface area contributed by atoms with E-state index in [0.717, 1.165) is 5.56 Å². The number of nitrogens with zero attached hydrogens (tertiary/aromatic N) is 3. The normalized spacial score (nSPS) is 19.9. The molecule has 2 heterocycles. The van der Waals surface area contributed by atoms with Crippen LogP contribution in [0.3, 0.4) is 0 Å². The van der Waals surface area contributed by atoms with Crippen LogP contribution in [0.15, 0.2) is 65.9 Å². The highest BCUT2D eigenvalue weighted by Crippen LogP contribution is 2.39. The Morgan fingerprint density at radius 3 is 2.55 bits per heavy atom. The van der Waals surface area contributed by atoms with E-state index < -0.39 is 11.0 Å². The molecule has 2 aliphatic heterocycles. The number of likely N-dealkylation sites (N-methyl/N-ethyl adjacent to an activating group) is 1. The fourth-order valence-corrected chi connectivity index (χ4v) is 3.88. The fraction of sp³-hybridized carbons (Fsp3) is 0.238. The number of urea groups is 1. The minimum atomic E-state index is -0.728. The highest BCUT2D eigenvalue weighted by atomic mass is 16.6. The number of nitrogens with one attached hydrogen (secondary N) is 1. The number of benzene rings is 2. The molecule has 148 valence electrons. The minimum Gasteiger partial charge on any atom is -0.327 e. The van der Waals surface area contributed by atoms with E-state index in [-0.39, 0.29) is 23.7 Å². The molecule has 3 amide bonds. The van der Waals surface area contributed by atoms with Crippen LogP contribution in [0.2, 0.25) is 0 Å². The molecule has 0 aromatic heterocycles. The average molecular weight is 392 g/mol. The SMILES string of the molecule is CC(c1ccccc1)N1CC2=C(C1=O)C(c1cccc([N+](=O)[O-])c1)NC(=O)N2C. The summed E-state index contributed by atoms with van der Waals surface area (Å²) in [6, 6.07) is 14.5. The number of non-ortho nitro benzene ring substituents is 1. The van der Waals surface area contributed by atoms with Crippen molar-refractivity contribution in [2.24, 2.45) is 0 Å². The molecular formula is C21H20N4O4. The first-order valence-corrected chi connectivity index (χ1v) is 9.26. The van der Waals surface area contributed by atoms with E-state index in [2.05, 4.69) is 5.32 Å². The molecule has 2 aromatic carbocycles. The van der Waals surface area contributed by atoms with Gasteiger partial charge in [0.25, 0.3) is 11.6 Å². The number of carbonyl (C=O) groups is 2. The van der Waals surface area contributed by atoms with Crippen molar-refractivity contribution in [3.8, 4) is 0 Å². The zero-order chi connectivity index (χ0) is 20.7. The van der Waals surface area contributed by atoms with Gasteiger partial charge in [0, 0.05) is 19.2 Å². The van der Waals surface area contributed by atoms with E-state index in [1.165, 1.54) is 17.0 Å². The zero-order valence-electron chi connectivity index (χ0n) is 16.0. The van der Waals surface area contributed by atoms with Gasteiger partial charge in [-0.2, -0.15) is 0 Å². The Morgan fingerprint density at radius 1 is 1.14 bits per heavy atom. The van der Waals surface area contributed by atoms with Crippen molar-refractivity contribution in [1.29, 1.82) is 0 Å². The molecule has 0 saturated carbocycles. The fourth-order valence-electron chi connectivity index (χ4n) is 3.88. The van der Waals surface area contributed by atoms with Crippen molar-refractivity contribution in [1.82, 2.24) is 15.1 Å². The zero-order valence-corrected chi connectivity index (χ0v) is 16.0. The standard InChI is InChI=1S/C21H20N4O4/c1-13(14-7-4-3-5-8-14)24-12-17-18(20(24)26)19(22-21(27)23(17)2)15-9-6-10-16(11-15)25(28)29/h3-11,13,19H,12H2,1-2H3,(H,22,27). The van der Waals surface area contributed by atoms with Gasteiger partial charge in [0.2, 0.25) is 0 Å². The summed E-state index contributed by atoms with van der Waals surface area (Å²) in [5.41, 5.74) is 2.50. The molecule has 29 heavy (non-hydrogen) atoms. The number of nitro groups is 1. The summed E-state index contributed by atoms with van der Waals surface area (Å²) in [5, 5.41) is 14.0. The van der Waals surface area contributed by atoms with E-state index in [0.29, 0.717) is 23.4 Å². The first-order valence-electron chi connectivity index (χ1n) is 9.26. The lowest BCUT2D eigenvalue weighted by Gasteiger charge is -2.31. The van der Waals surface area contributed by atoms with Gasteiger partial charge in [0.15, 0.2) is 0 Å². The first kappa shape index (κ1) is 18.7. The maximum absolute atomic E-state index is 13.4.